The van der Waals surface area contributed by atoms with Crippen LogP contribution in [0.15, 0.2) is 18.2 Å². The standard InChI is InChI=1S/C13H13F3O4/c1-2-3-11(17)9-5-4-8(20-7-12(18)19)6-10(9)13(14,15)16/h4-6H,2-3,7H2,1H3,(H,18,19). The Morgan fingerprint density at radius 2 is 1.95 bits per heavy atom. The van der Waals surface area contributed by atoms with Crippen molar-refractivity contribution in [3.05, 3.63) is 29.3 Å². The van der Waals surface area contributed by atoms with Crippen LogP contribution in [0.3, 0.4) is 0 Å². The van der Waals surface area contributed by atoms with E-state index in [0.29, 0.717) is 12.5 Å². The molecule has 4 nitrogen and oxygen atoms in total. The molecule has 110 valence electrons. The van der Waals surface area contributed by atoms with Gasteiger partial charge in [-0.05, 0) is 24.6 Å². The van der Waals surface area contributed by atoms with Crippen LogP contribution in [0, 0.1) is 0 Å². The molecule has 0 fully saturated rings. The average molecular weight is 290 g/mol. The van der Waals surface area contributed by atoms with Crippen LogP contribution in [0.4, 0.5) is 13.2 Å². The normalized spacial score (nSPS) is 11.2. The van der Waals surface area contributed by atoms with Gasteiger partial charge in [0, 0.05) is 12.0 Å². The van der Waals surface area contributed by atoms with Crippen LogP contribution in [0.2, 0.25) is 0 Å². The number of carboxylic acid groups (broad SMARTS) is 1. The Bertz CT molecular complexity index is 509. The van der Waals surface area contributed by atoms with E-state index in [1.807, 2.05) is 0 Å². The molecule has 20 heavy (non-hydrogen) atoms. The minimum absolute atomic E-state index is 0.0123. The van der Waals surface area contributed by atoms with E-state index in [1.54, 1.807) is 6.92 Å². The number of benzene rings is 1. The molecule has 0 aliphatic carbocycles. The molecule has 0 saturated carbocycles. The molecule has 0 aliphatic heterocycles. The van der Waals surface area contributed by atoms with E-state index in [1.165, 1.54) is 0 Å². The molecule has 0 heterocycles. The van der Waals surface area contributed by atoms with E-state index in [-0.39, 0.29) is 12.2 Å². The number of Topliss-reactive ketones (excluding diaryl/α,β-unsaturated/α-hetero) is 1. The quantitative estimate of drug-likeness (QED) is 0.817. The van der Waals surface area contributed by atoms with E-state index < -0.39 is 35.7 Å². The van der Waals surface area contributed by atoms with Crippen LogP contribution in [-0.2, 0) is 11.0 Å². The Kier molecular flexibility index (Phi) is 5.12. The second kappa shape index (κ2) is 6.40. The van der Waals surface area contributed by atoms with Gasteiger partial charge in [0.15, 0.2) is 12.4 Å². The lowest BCUT2D eigenvalue weighted by atomic mass is 10.00. The number of alkyl halides is 3. The van der Waals surface area contributed by atoms with Crippen molar-refractivity contribution in [3.8, 4) is 5.75 Å². The van der Waals surface area contributed by atoms with Crippen molar-refractivity contribution in [1.29, 1.82) is 0 Å². The Balaban J connectivity index is 3.13. The van der Waals surface area contributed by atoms with Crippen molar-refractivity contribution >= 4 is 11.8 Å². The molecule has 0 aliphatic rings. The summed E-state index contributed by atoms with van der Waals surface area (Å²) in [5, 5.41) is 8.42. The van der Waals surface area contributed by atoms with Crippen molar-refractivity contribution in [1.82, 2.24) is 0 Å². The van der Waals surface area contributed by atoms with Gasteiger partial charge >= 0.3 is 12.1 Å². The zero-order chi connectivity index (χ0) is 15.3. The second-order valence-electron chi connectivity index (χ2n) is 4.06. The number of aliphatic carboxylic acids is 1. The van der Waals surface area contributed by atoms with E-state index in [9.17, 15) is 22.8 Å². The summed E-state index contributed by atoms with van der Waals surface area (Å²) in [4.78, 5) is 22.0. The third kappa shape index (κ3) is 4.25. The van der Waals surface area contributed by atoms with Gasteiger partial charge in [-0.3, -0.25) is 4.79 Å². The lowest BCUT2D eigenvalue weighted by Gasteiger charge is -2.13. The fourth-order valence-corrected chi connectivity index (χ4v) is 1.60. The lowest BCUT2D eigenvalue weighted by Crippen LogP contribution is -2.15. The highest BCUT2D eigenvalue weighted by Gasteiger charge is 2.35. The van der Waals surface area contributed by atoms with Crippen molar-refractivity contribution in [2.24, 2.45) is 0 Å². The summed E-state index contributed by atoms with van der Waals surface area (Å²) in [5.41, 5.74) is -1.54. The Morgan fingerprint density at radius 3 is 2.45 bits per heavy atom. The maximum Gasteiger partial charge on any atom is 0.417 e. The molecule has 1 aromatic rings. The molecule has 0 bridgehead atoms. The molecule has 0 unspecified atom stereocenters. The third-order valence-corrected chi connectivity index (χ3v) is 2.44. The molecule has 7 heteroatoms. The van der Waals surface area contributed by atoms with Crippen molar-refractivity contribution in [2.75, 3.05) is 6.61 Å². The monoisotopic (exact) mass is 290 g/mol. The molecule has 0 saturated heterocycles. The molecule has 0 atom stereocenters. The van der Waals surface area contributed by atoms with Crippen LogP contribution >= 0.6 is 0 Å². The maximum absolute atomic E-state index is 12.9. The number of rotatable bonds is 6. The number of hydrogen-bond donors (Lipinski definition) is 1. The van der Waals surface area contributed by atoms with E-state index in [4.69, 9.17) is 5.11 Å². The summed E-state index contributed by atoms with van der Waals surface area (Å²) in [5.74, 6) is -2.15. The Morgan fingerprint density at radius 1 is 1.30 bits per heavy atom. The maximum atomic E-state index is 12.9. The predicted molar refractivity (Wildman–Crippen MR) is 63.8 cm³/mol. The van der Waals surface area contributed by atoms with Crippen LogP contribution in [0.25, 0.3) is 0 Å². The molecule has 0 amide bonds. The van der Waals surface area contributed by atoms with Gasteiger partial charge in [0.25, 0.3) is 0 Å². The number of hydrogen-bond acceptors (Lipinski definition) is 3. The smallest absolute Gasteiger partial charge is 0.417 e. The van der Waals surface area contributed by atoms with Gasteiger partial charge in [0.2, 0.25) is 0 Å². The summed E-state index contributed by atoms with van der Waals surface area (Å²) in [6.07, 6.45) is -4.26. The summed E-state index contributed by atoms with van der Waals surface area (Å²) in [6.45, 7) is 0.940. The summed E-state index contributed by atoms with van der Waals surface area (Å²) >= 11 is 0. The highest BCUT2D eigenvalue weighted by atomic mass is 19.4. The molecule has 0 radical (unpaired) electrons. The van der Waals surface area contributed by atoms with Crippen LogP contribution in [0.5, 0.6) is 5.75 Å². The minimum atomic E-state index is -4.71. The molecule has 1 N–H and O–H groups in total. The SMILES string of the molecule is CCCC(=O)c1ccc(OCC(=O)O)cc1C(F)(F)F. The van der Waals surface area contributed by atoms with Gasteiger partial charge in [0.1, 0.15) is 5.75 Å². The first-order chi connectivity index (χ1) is 9.25. The third-order valence-electron chi connectivity index (χ3n) is 2.44. The zero-order valence-electron chi connectivity index (χ0n) is 10.7. The number of carbonyl (C=O) groups excluding carboxylic acids is 1. The van der Waals surface area contributed by atoms with Crippen LogP contribution in [0.1, 0.15) is 35.7 Å². The molecular formula is C13H13F3O4. The largest absolute Gasteiger partial charge is 0.482 e. The molecule has 1 rings (SSSR count). The lowest BCUT2D eigenvalue weighted by molar-refractivity contribution is -0.139. The molecular weight excluding hydrogens is 277 g/mol. The van der Waals surface area contributed by atoms with Crippen molar-refractivity contribution < 1.29 is 32.6 Å². The summed E-state index contributed by atoms with van der Waals surface area (Å²) < 4.78 is 43.4. The molecule has 1 aromatic carbocycles. The van der Waals surface area contributed by atoms with Crippen molar-refractivity contribution in [2.45, 2.75) is 25.9 Å². The first-order valence-corrected chi connectivity index (χ1v) is 5.84. The van der Waals surface area contributed by atoms with E-state index >= 15 is 0 Å². The van der Waals surface area contributed by atoms with Crippen LogP contribution in [-0.4, -0.2) is 23.5 Å². The number of carboxylic acids is 1. The summed E-state index contributed by atoms with van der Waals surface area (Å²) in [6, 6.07) is 2.81. The van der Waals surface area contributed by atoms with Gasteiger partial charge in [0.05, 0.1) is 5.56 Å². The zero-order valence-corrected chi connectivity index (χ0v) is 10.7. The number of ketones is 1. The molecule has 0 aromatic heterocycles. The first-order valence-electron chi connectivity index (χ1n) is 5.84. The van der Waals surface area contributed by atoms with Gasteiger partial charge in [-0.25, -0.2) is 4.79 Å². The highest BCUT2D eigenvalue weighted by molar-refractivity contribution is 5.97. The van der Waals surface area contributed by atoms with Gasteiger partial charge in [-0.2, -0.15) is 13.2 Å². The average Bonchev–Trinajstić information content (AvgIpc) is 2.35. The van der Waals surface area contributed by atoms with Crippen molar-refractivity contribution in [3.63, 3.8) is 0 Å². The topological polar surface area (TPSA) is 63.6 Å². The van der Waals surface area contributed by atoms with Crippen LogP contribution < -0.4 is 4.74 Å². The highest BCUT2D eigenvalue weighted by Crippen LogP contribution is 2.35. The van der Waals surface area contributed by atoms with Gasteiger partial charge in [-0.15, -0.1) is 0 Å². The fourth-order valence-electron chi connectivity index (χ4n) is 1.60. The predicted octanol–water partition coefficient (Wildman–Crippen LogP) is 3.15. The number of halogens is 3. The Hall–Kier alpha value is -2.05. The Labute approximate surface area is 113 Å². The first kappa shape index (κ1) is 16.0. The molecule has 0 spiro atoms. The fraction of sp³-hybridized carbons (Fsp3) is 0.385. The van der Waals surface area contributed by atoms with Gasteiger partial charge in [-0.1, -0.05) is 6.92 Å². The summed E-state index contributed by atoms with van der Waals surface area (Å²) in [7, 11) is 0. The minimum Gasteiger partial charge on any atom is -0.482 e. The number of carbonyl (C=O) groups is 2. The van der Waals surface area contributed by atoms with E-state index in [2.05, 4.69) is 4.74 Å². The van der Waals surface area contributed by atoms with E-state index in [0.717, 1.165) is 12.1 Å². The van der Waals surface area contributed by atoms with Gasteiger partial charge < -0.3 is 9.84 Å². The second-order valence-corrected chi connectivity index (χ2v) is 4.06. The number of ether oxygens (including phenoxy) is 1.